The SMILES string of the molecule is CC[C@H](C)Oc1ccc(C(=O)NC(=S)Nc2ccc(C(C)=O)cc2)cc1. The fourth-order valence-electron chi connectivity index (χ4n) is 2.13. The molecular weight excluding hydrogens is 348 g/mol. The summed E-state index contributed by atoms with van der Waals surface area (Å²) in [5.74, 6) is 0.410. The summed E-state index contributed by atoms with van der Waals surface area (Å²) in [6.45, 7) is 5.55. The average Bonchev–Trinajstić information content (AvgIpc) is 2.62. The predicted molar refractivity (Wildman–Crippen MR) is 107 cm³/mol. The number of hydrogen-bond donors (Lipinski definition) is 2. The van der Waals surface area contributed by atoms with Gasteiger partial charge in [-0.2, -0.15) is 0 Å². The molecule has 136 valence electrons. The lowest BCUT2D eigenvalue weighted by atomic mass is 10.1. The number of amides is 1. The highest BCUT2D eigenvalue weighted by Gasteiger charge is 2.09. The van der Waals surface area contributed by atoms with Crippen molar-refractivity contribution in [1.29, 1.82) is 0 Å². The standard InChI is InChI=1S/C20H22N2O3S/c1-4-13(2)25-18-11-7-16(8-12-18)19(24)22-20(26)21-17-9-5-15(6-10-17)14(3)23/h5-13H,4H2,1-3H3,(H2,21,22,24,26)/t13-/m0/s1. The molecule has 1 atom stereocenters. The number of ether oxygens (including phenoxy) is 1. The highest BCUT2D eigenvalue weighted by atomic mass is 32.1. The van der Waals surface area contributed by atoms with Crippen molar-refractivity contribution in [2.24, 2.45) is 0 Å². The topological polar surface area (TPSA) is 67.4 Å². The van der Waals surface area contributed by atoms with Crippen LogP contribution in [0.5, 0.6) is 5.75 Å². The van der Waals surface area contributed by atoms with Crippen LogP contribution in [0.2, 0.25) is 0 Å². The normalized spacial score (nSPS) is 11.3. The number of nitrogens with one attached hydrogen (secondary N) is 2. The number of rotatable bonds is 6. The minimum atomic E-state index is -0.307. The molecular formula is C20H22N2O3S. The van der Waals surface area contributed by atoms with Gasteiger partial charge >= 0.3 is 0 Å². The molecule has 0 unspecified atom stereocenters. The largest absolute Gasteiger partial charge is 0.491 e. The number of carbonyl (C=O) groups excluding carboxylic acids is 2. The van der Waals surface area contributed by atoms with Gasteiger partial charge in [0.2, 0.25) is 0 Å². The Hall–Kier alpha value is -2.73. The van der Waals surface area contributed by atoms with Crippen molar-refractivity contribution in [2.75, 3.05) is 5.32 Å². The van der Waals surface area contributed by atoms with E-state index in [0.717, 1.165) is 12.2 Å². The van der Waals surface area contributed by atoms with Crippen molar-refractivity contribution in [2.45, 2.75) is 33.3 Å². The van der Waals surface area contributed by atoms with Crippen LogP contribution in [-0.4, -0.2) is 22.9 Å². The first-order valence-electron chi connectivity index (χ1n) is 8.39. The molecule has 0 saturated heterocycles. The summed E-state index contributed by atoms with van der Waals surface area (Å²) in [6, 6.07) is 13.8. The van der Waals surface area contributed by atoms with Crippen molar-refractivity contribution in [3.8, 4) is 5.75 Å². The van der Waals surface area contributed by atoms with Gasteiger partial charge in [0.15, 0.2) is 10.9 Å². The molecule has 2 aromatic rings. The molecule has 2 N–H and O–H groups in total. The minimum absolute atomic E-state index is 0.00631. The maximum absolute atomic E-state index is 12.3. The van der Waals surface area contributed by atoms with E-state index in [1.54, 1.807) is 48.5 Å². The summed E-state index contributed by atoms with van der Waals surface area (Å²) in [7, 11) is 0. The molecule has 5 nitrogen and oxygen atoms in total. The monoisotopic (exact) mass is 370 g/mol. The first-order chi connectivity index (χ1) is 12.4. The molecule has 0 heterocycles. The van der Waals surface area contributed by atoms with E-state index in [2.05, 4.69) is 10.6 Å². The van der Waals surface area contributed by atoms with Gasteiger partial charge in [-0.3, -0.25) is 14.9 Å². The molecule has 2 aromatic carbocycles. The number of benzene rings is 2. The van der Waals surface area contributed by atoms with E-state index in [1.165, 1.54) is 6.92 Å². The minimum Gasteiger partial charge on any atom is -0.491 e. The summed E-state index contributed by atoms with van der Waals surface area (Å²) in [4.78, 5) is 23.5. The van der Waals surface area contributed by atoms with E-state index in [4.69, 9.17) is 17.0 Å². The fraction of sp³-hybridized carbons (Fsp3) is 0.250. The van der Waals surface area contributed by atoms with Crippen LogP contribution in [0.15, 0.2) is 48.5 Å². The zero-order valence-corrected chi connectivity index (χ0v) is 15.9. The summed E-state index contributed by atoms with van der Waals surface area (Å²) < 4.78 is 5.69. The highest BCUT2D eigenvalue weighted by molar-refractivity contribution is 7.80. The molecule has 26 heavy (non-hydrogen) atoms. The Labute approximate surface area is 158 Å². The third-order valence-corrected chi connectivity index (χ3v) is 4.01. The Bertz CT molecular complexity index is 786. The number of anilines is 1. The summed E-state index contributed by atoms with van der Waals surface area (Å²) in [5, 5.41) is 5.73. The maximum atomic E-state index is 12.3. The van der Waals surface area contributed by atoms with Crippen LogP contribution in [-0.2, 0) is 0 Å². The molecule has 6 heteroatoms. The molecule has 1 amide bonds. The number of thiocarbonyl (C=S) groups is 1. The number of hydrogen-bond acceptors (Lipinski definition) is 4. The van der Waals surface area contributed by atoms with E-state index in [0.29, 0.717) is 16.8 Å². The van der Waals surface area contributed by atoms with E-state index < -0.39 is 0 Å². The maximum Gasteiger partial charge on any atom is 0.257 e. The van der Waals surface area contributed by atoms with Crippen LogP contribution in [0, 0.1) is 0 Å². The number of Topliss-reactive ketones (excluding diaryl/α,β-unsaturated/α-hetero) is 1. The first kappa shape index (κ1) is 19.6. The first-order valence-corrected chi connectivity index (χ1v) is 8.80. The van der Waals surface area contributed by atoms with Gasteiger partial charge in [0.25, 0.3) is 5.91 Å². The molecule has 2 rings (SSSR count). The van der Waals surface area contributed by atoms with Gasteiger partial charge in [-0.25, -0.2) is 0 Å². The van der Waals surface area contributed by atoms with Crippen LogP contribution in [0.1, 0.15) is 47.9 Å². The Balaban J connectivity index is 1.92. The Morgan fingerprint density at radius 1 is 1.04 bits per heavy atom. The van der Waals surface area contributed by atoms with E-state index in [-0.39, 0.29) is 22.9 Å². The second kappa shape index (κ2) is 9.10. The molecule has 0 aliphatic heterocycles. The molecule has 0 fully saturated rings. The van der Waals surface area contributed by atoms with Gasteiger partial charge < -0.3 is 10.1 Å². The molecule has 0 spiro atoms. The molecule has 0 aliphatic carbocycles. The van der Waals surface area contributed by atoms with Gasteiger partial charge in [0.1, 0.15) is 5.75 Å². The summed E-state index contributed by atoms with van der Waals surface area (Å²) >= 11 is 5.16. The van der Waals surface area contributed by atoms with E-state index in [1.807, 2.05) is 13.8 Å². The molecule has 0 aromatic heterocycles. The van der Waals surface area contributed by atoms with Gasteiger partial charge in [0.05, 0.1) is 6.10 Å². The summed E-state index contributed by atoms with van der Waals surface area (Å²) in [6.07, 6.45) is 1.04. The van der Waals surface area contributed by atoms with Gasteiger partial charge in [0, 0.05) is 16.8 Å². The van der Waals surface area contributed by atoms with Crippen molar-refractivity contribution in [3.63, 3.8) is 0 Å². The predicted octanol–water partition coefficient (Wildman–Crippen LogP) is 4.19. The van der Waals surface area contributed by atoms with E-state index >= 15 is 0 Å². The van der Waals surface area contributed by atoms with E-state index in [9.17, 15) is 9.59 Å². The van der Waals surface area contributed by atoms with Crippen LogP contribution < -0.4 is 15.4 Å². The van der Waals surface area contributed by atoms with Gasteiger partial charge in [-0.05, 0) is 81.0 Å². The third-order valence-electron chi connectivity index (χ3n) is 3.81. The third kappa shape index (κ3) is 5.67. The quantitative estimate of drug-likeness (QED) is 0.589. The van der Waals surface area contributed by atoms with Crippen molar-refractivity contribution in [3.05, 3.63) is 59.7 Å². The Kier molecular flexibility index (Phi) is 6.86. The Morgan fingerprint density at radius 2 is 1.62 bits per heavy atom. The second-order valence-electron chi connectivity index (χ2n) is 5.90. The average molecular weight is 370 g/mol. The van der Waals surface area contributed by atoms with Gasteiger partial charge in [-0.15, -0.1) is 0 Å². The smallest absolute Gasteiger partial charge is 0.257 e. The highest BCUT2D eigenvalue weighted by Crippen LogP contribution is 2.15. The zero-order chi connectivity index (χ0) is 19.1. The van der Waals surface area contributed by atoms with Crippen LogP contribution in [0.4, 0.5) is 5.69 Å². The fourth-order valence-corrected chi connectivity index (χ4v) is 2.34. The summed E-state index contributed by atoms with van der Waals surface area (Å²) in [5.41, 5.74) is 1.79. The van der Waals surface area contributed by atoms with Crippen molar-refractivity contribution < 1.29 is 14.3 Å². The lowest BCUT2D eigenvalue weighted by molar-refractivity contribution is 0.0976. The van der Waals surface area contributed by atoms with Crippen LogP contribution >= 0.6 is 12.2 Å². The number of ketones is 1. The van der Waals surface area contributed by atoms with Crippen LogP contribution in [0.25, 0.3) is 0 Å². The second-order valence-corrected chi connectivity index (χ2v) is 6.31. The Morgan fingerprint density at radius 3 is 2.15 bits per heavy atom. The molecule has 0 bridgehead atoms. The molecule has 0 saturated carbocycles. The lowest BCUT2D eigenvalue weighted by Gasteiger charge is -2.13. The lowest BCUT2D eigenvalue weighted by Crippen LogP contribution is -2.34. The zero-order valence-electron chi connectivity index (χ0n) is 15.0. The van der Waals surface area contributed by atoms with Crippen molar-refractivity contribution >= 4 is 34.7 Å². The molecule has 0 radical (unpaired) electrons. The number of carbonyl (C=O) groups is 2. The van der Waals surface area contributed by atoms with Gasteiger partial charge in [-0.1, -0.05) is 6.92 Å². The van der Waals surface area contributed by atoms with Crippen LogP contribution in [0.3, 0.4) is 0 Å². The molecule has 0 aliphatic rings. The van der Waals surface area contributed by atoms with Crippen molar-refractivity contribution in [1.82, 2.24) is 5.32 Å².